The van der Waals surface area contributed by atoms with Crippen LogP contribution in [0, 0.1) is 17.0 Å². The molecule has 0 aliphatic carbocycles. The van der Waals surface area contributed by atoms with E-state index in [1.165, 1.54) is 0 Å². The van der Waals surface area contributed by atoms with Gasteiger partial charge in [0.05, 0.1) is 5.69 Å². The first-order valence-electron chi connectivity index (χ1n) is 5.86. The Labute approximate surface area is 115 Å². The van der Waals surface area contributed by atoms with Gasteiger partial charge >= 0.3 is 12.0 Å². The minimum Gasteiger partial charge on any atom is -0.480 e. The number of carboxylic acids is 1. The van der Waals surface area contributed by atoms with Gasteiger partial charge in [-0.05, 0) is 17.5 Å². The van der Waals surface area contributed by atoms with Gasteiger partial charge in [0.2, 0.25) is 0 Å². The quantitative estimate of drug-likeness (QED) is 0.799. The number of hydrogen-bond acceptors (Lipinski definition) is 2. The number of urea groups is 1. The summed E-state index contributed by atoms with van der Waals surface area (Å²) in [6, 6.07) is 0.495. The standard InChI is InChI=1S/C13H16F2N2O3/c1-13(2,3)10(11(18)19)17-12(20)16-9-6-7(14)4-5-8(9)15/h4-6,10H,1-3H3,(H,18,19)(H2,16,17,20). The molecule has 0 saturated carbocycles. The zero-order valence-corrected chi connectivity index (χ0v) is 11.3. The van der Waals surface area contributed by atoms with Gasteiger partial charge in [0.25, 0.3) is 0 Å². The lowest BCUT2D eigenvalue weighted by Crippen LogP contribution is -2.50. The first-order valence-corrected chi connectivity index (χ1v) is 5.86. The smallest absolute Gasteiger partial charge is 0.326 e. The molecule has 1 aromatic carbocycles. The number of nitrogens with one attached hydrogen (secondary N) is 2. The van der Waals surface area contributed by atoms with Gasteiger partial charge in [0.15, 0.2) is 0 Å². The Bertz CT molecular complexity index is 527. The number of benzene rings is 1. The van der Waals surface area contributed by atoms with Crippen LogP contribution in [0.25, 0.3) is 0 Å². The largest absolute Gasteiger partial charge is 0.480 e. The second-order valence-corrected chi connectivity index (χ2v) is 5.36. The molecule has 110 valence electrons. The van der Waals surface area contributed by atoms with Gasteiger partial charge in [-0.3, -0.25) is 0 Å². The van der Waals surface area contributed by atoms with E-state index >= 15 is 0 Å². The average Bonchev–Trinajstić information content (AvgIpc) is 2.29. The van der Waals surface area contributed by atoms with E-state index in [2.05, 4.69) is 10.6 Å². The van der Waals surface area contributed by atoms with Crippen molar-refractivity contribution in [1.29, 1.82) is 0 Å². The molecule has 3 N–H and O–H groups in total. The number of aliphatic carboxylic acids is 1. The maximum atomic E-state index is 13.3. The Morgan fingerprint density at radius 1 is 1.25 bits per heavy atom. The van der Waals surface area contributed by atoms with E-state index < -0.39 is 35.1 Å². The van der Waals surface area contributed by atoms with Crippen molar-refractivity contribution in [3.8, 4) is 0 Å². The minimum absolute atomic E-state index is 0.361. The van der Waals surface area contributed by atoms with Crippen molar-refractivity contribution in [3.63, 3.8) is 0 Å². The molecular formula is C13H16F2N2O3. The Morgan fingerprint density at radius 2 is 1.85 bits per heavy atom. The summed E-state index contributed by atoms with van der Waals surface area (Å²) in [4.78, 5) is 22.7. The average molecular weight is 286 g/mol. The molecule has 0 heterocycles. The summed E-state index contributed by atoms with van der Waals surface area (Å²) in [6.07, 6.45) is 0. The van der Waals surface area contributed by atoms with E-state index in [0.717, 1.165) is 18.2 Å². The summed E-state index contributed by atoms with van der Waals surface area (Å²) in [6.45, 7) is 4.90. The number of anilines is 1. The van der Waals surface area contributed by atoms with Gasteiger partial charge in [-0.1, -0.05) is 20.8 Å². The topological polar surface area (TPSA) is 78.4 Å². The summed E-state index contributed by atoms with van der Waals surface area (Å²) in [5, 5.41) is 13.3. The van der Waals surface area contributed by atoms with Crippen molar-refractivity contribution < 1.29 is 23.5 Å². The van der Waals surface area contributed by atoms with Crippen LogP contribution in [-0.4, -0.2) is 23.1 Å². The Morgan fingerprint density at radius 3 is 2.35 bits per heavy atom. The number of rotatable bonds is 3. The molecule has 1 unspecified atom stereocenters. The fourth-order valence-electron chi connectivity index (χ4n) is 1.53. The Balaban J connectivity index is 2.81. The molecule has 1 aromatic rings. The first kappa shape index (κ1) is 15.9. The Kier molecular flexibility index (Phi) is 4.65. The summed E-state index contributed by atoms with van der Waals surface area (Å²) in [5.74, 6) is -2.75. The molecule has 0 radical (unpaired) electrons. The third-order valence-corrected chi connectivity index (χ3v) is 2.57. The zero-order chi connectivity index (χ0) is 15.5. The number of carbonyl (C=O) groups excluding carboxylic acids is 1. The van der Waals surface area contributed by atoms with Gasteiger partial charge in [-0.15, -0.1) is 0 Å². The SMILES string of the molecule is CC(C)(C)C(NC(=O)Nc1cc(F)ccc1F)C(=O)O. The van der Waals surface area contributed by atoms with E-state index in [1.54, 1.807) is 20.8 Å². The highest BCUT2D eigenvalue weighted by atomic mass is 19.1. The van der Waals surface area contributed by atoms with Gasteiger partial charge < -0.3 is 15.7 Å². The molecule has 1 rings (SSSR count). The number of hydrogen-bond donors (Lipinski definition) is 3. The van der Waals surface area contributed by atoms with Crippen LogP contribution in [0.4, 0.5) is 19.3 Å². The van der Waals surface area contributed by atoms with Crippen LogP contribution >= 0.6 is 0 Å². The van der Waals surface area contributed by atoms with Crippen molar-refractivity contribution >= 4 is 17.7 Å². The van der Waals surface area contributed by atoms with Crippen LogP contribution in [0.15, 0.2) is 18.2 Å². The molecule has 0 aromatic heterocycles. The molecule has 0 saturated heterocycles. The lowest BCUT2D eigenvalue weighted by atomic mass is 9.87. The second kappa shape index (κ2) is 5.85. The van der Waals surface area contributed by atoms with Crippen molar-refractivity contribution in [3.05, 3.63) is 29.8 Å². The monoisotopic (exact) mass is 286 g/mol. The maximum absolute atomic E-state index is 13.3. The fraction of sp³-hybridized carbons (Fsp3) is 0.385. The fourth-order valence-corrected chi connectivity index (χ4v) is 1.53. The van der Waals surface area contributed by atoms with E-state index in [-0.39, 0.29) is 5.69 Å². The number of carboxylic acid groups (broad SMARTS) is 1. The van der Waals surface area contributed by atoms with E-state index in [4.69, 9.17) is 5.11 Å². The van der Waals surface area contributed by atoms with Gasteiger partial charge in [-0.25, -0.2) is 18.4 Å². The van der Waals surface area contributed by atoms with Crippen molar-refractivity contribution in [2.24, 2.45) is 5.41 Å². The summed E-state index contributed by atoms with van der Waals surface area (Å²) in [7, 11) is 0. The van der Waals surface area contributed by atoms with E-state index in [0.29, 0.717) is 0 Å². The molecule has 0 aliphatic rings. The van der Waals surface area contributed by atoms with Gasteiger partial charge in [0, 0.05) is 6.07 Å². The van der Waals surface area contributed by atoms with E-state index in [9.17, 15) is 18.4 Å². The lowest BCUT2D eigenvalue weighted by Gasteiger charge is -2.27. The summed E-state index contributed by atoms with van der Waals surface area (Å²) in [5.41, 5.74) is -1.09. The van der Waals surface area contributed by atoms with Crippen molar-refractivity contribution in [2.75, 3.05) is 5.32 Å². The lowest BCUT2D eigenvalue weighted by molar-refractivity contribution is -0.141. The normalized spacial score (nSPS) is 12.7. The molecule has 0 spiro atoms. The van der Waals surface area contributed by atoms with E-state index in [1.807, 2.05) is 0 Å². The zero-order valence-electron chi connectivity index (χ0n) is 11.3. The summed E-state index contributed by atoms with van der Waals surface area (Å²) < 4.78 is 26.3. The molecule has 2 amide bonds. The van der Waals surface area contributed by atoms with Crippen LogP contribution < -0.4 is 10.6 Å². The molecule has 5 nitrogen and oxygen atoms in total. The van der Waals surface area contributed by atoms with Crippen LogP contribution in [0.5, 0.6) is 0 Å². The van der Waals surface area contributed by atoms with Crippen molar-refractivity contribution in [2.45, 2.75) is 26.8 Å². The number of halogens is 2. The molecule has 0 aliphatic heterocycles. The first-order chi connectivity index (χ1) is 9.11. The number of carbonyl (C=O) groups is 2. The predicted molar refractivity (Wildman–Crippen MR) is 69.4 cm³/mol. The van der Waals surface area contributed by atoms with Crippen LogP contribution in [-0.2, 0) is 4.79 Å². The van der Waals surface area contributed by atoms with Gasteiger partial charge in [0.1, 0.15) is 17.7 Å². The second-order valence-electron chi connectivity index (χ2n) is 5.36. The Hall–Kier alpha value is -2.18. The molecular weight excluding hydrogens is 270 g/mol. The molecule has 1 atom stereocenters. The van der Waals surface area contributed by atoms with Gasteiger partial charge in [-0.2, -0.15) is 0 Å². The third kappa shape index (κ3) is 4.18. The van der Waals surface area contributed by atoms with Crippen LogP contribution in [0.1, 0.15) is 20.8 Å². The molecule has 7 heteroatoms. The number of amides is 2. The predicted octanol–water partition coefficient (Wildman–Crippen LogP) is 2.59. The summed E-state index contributed by atoms with van der Waals surface area (Å²) >= 11 is 0. The minimum atomic E-state index is -1.22. The third-order valence-electron chi connectivity index (χ3n) is 2.57. The maximum Gasteiger partial charge on any atom is 0.326 e. The van der Waals surface area contributed by atoms with Crippen LogP contribution in [0.3, 0.4) is 0 Å². The highest BCUT2D eigenvalue weighted by Crippen LogP contribution is 2.20. The highest BCUT2D eigenvalue weighted by Gasteiger charge is 2.32. The van der Waals surface area contributed by atoms with Crippen molar-refractivity contribution in [1.82, 2.24) is 5.32 Å². The highest BCUT2D eigenvalue weighted by molar-refractivity contribution is 5.92. The molecule has 0 bridgehead atoms. The molecule has 20 heavy (non-hydrogen) atoms. The molecule has 0 fully saturated rings. The van der Waals surface area contributed by atoms with Crippen LogP contribution in [0.2, 0.25) is 0 Å².